The highest BCUT2D eigenvalue weighted by Gasteiger charge is 2.36. The number of methoxy groups -OCH3 is 1. The SMILES string of the molecule is COC1(CCN2CCN(C(=O)OC(C)(C)C)CC2)CCN(c2nccc(Cc3cc4c(cn3)nc(C)n4C(C)C)n2)CC1. The number of nitrogens with zero attached hydrogens (tertiary/aromatic N) is 8. The molecule has 0 atom stereocenters. The summed E-state index contributed by atoms with van der Waals surface area (Å²) >= 11 is 0. The molecule has 0 radical (unpaired) electrons. The standard InChI is InChI=1S/C32H48N8O3/c1-23(2)40-24(3)35-27-22-34-26(21-28(27)40)20-25-8-12-33-29(36-25)38-14-10-32(42-7,11-15-38)9-13-37-16-18-39(19-17-37)30(41)43-31(4,5)6/h8,12,21-23H,9-11,13-20H2,1-7H3. The zero-order valence-corrected chi connectivity index (χ0v) is 27.0. The molecule has 0 aliphatic carbocycles. The van der Waals surface area contributed by atoms with Crippen LogP contribution in [0, 0.1) is 6.92 Å². The van der Waals surface area contributed by atoms with Crippen LogP contribution in [0.5, 0.6) is 0 Å². The number of carbonyl (C=O) groups is 1. The van der Waals surface area contributed by atoms with Crippen molar-refractivity contribution in [3.05, 3.63) is 41.7 Å². The highest BCUT2D eigenvalue weighted by molar-refractivity contribution is 5.75. The average Bonchev–Trinajstić information content (AvgIpc) is 3.31. The number of fused-ring (bicyclic) bond motifs is 1. The molecular weight excluding hydrogens is 544 g/mol. The van der Waals surface area contributed by atoms with Gasteiger partial charge in [-0.3, -0.25) is 9.88 Å². The Bertz CT molecular complexity index is 1400. The number of aryl methyl sites for hydroxylation is 1. The van der Waals surface area contributed by atoms with Gasteiger partial charge in [0.1, 0.15) is 16.9 Å². The maximum absolute atomic E-state index is 12.4. The van der Waals surface area contributed by atoms with Crippen LogP contribution in [0.1, 0.15) is 77.1 Å². The fraction of sp³-hybridized carbons (Fsp3) is 0.656. The summed E-state index contributed by atoms with van der Waals surface area (Å²) in [4.78, 5) is 37.8. The van der Waals surface area contributed by atoms with Crippen LogP contribution in [0.25, 0.3) is 11.0 Å². The van der Waals surface area contributed by atoms with Gasteiger partial charge in [-0.2, -0.15) is 0 Å². The Hall–Kier alpha value is -3.31. The van der Waals surface area contributed by atoms with Crippen molar-refractivity contribution in [3.8, 4) is 0 Å². The number of piperazine rings is 1. The van der Waals surface area contributed by atoms with E-state index >= 15 is 0 Å². The maximum atomic E-state index is 12.4. The molecule has 0 bridgehead atoms. The van der Waals surface area contributed by atoms with Crippen LogP contribution in [-0.4, -0.2) is 105 Å². The number of hydrogen-bond donors (Lipinski definition) is 0. The summed E-state index contributed by atoms with van der Waals surface area (Å²) in [6.07, 6.45) is 6.96. The lowest BCUT2D eigenvalue weighted by Gasteiger charge is -2.42. The topological polar surface area (TPSA) is 102 Å². The predicted octanol–water partition coefficient (Wildman–Crippen LogP) is 4.63. The fourth-order valence-corrected chi connectivity index (χ4v) is 6.24. The number of anilines is 1. The number of aromatic nitrogens is 5. The average molecular weight is 593 g/mol. The Labute approximate surface area is 255 Å². The molecule has 2 aliphatic heterocycles. The van der Waals surface area contributed by atoms with Gasteiger partial charge in [-0.05, 0) is 72.9 Å². The number of rotatable bonds is 8. The minimum Gasteiger partial charge on any atom is -0.444 e. The van der Waals surface area contributed by atoms with Crippen molar-refractivity contribution < 1.29 is 14.3 Å². The Morgan fingerprint density at radius 3 is 2.40 bits per heavy atom. The smallest absolute Gasteiger partial charge is 0.410 e. The van der Waals surface area contributed by atoms with E-state index in [2.05, 4.69) is 49.2 Å². The van der Waals surface area contributed by atoms with Crippen molar-refractivity contribution in [1.29, 1.82) is 0 Å². The van der Waals surface area contributed by atoms with Crippen molar-refractivity contribution in [2.75, 3.05) is 57.8 Å². The summed E-state index contributed by atoms with van der Waals surface area (Å²) in [7, 11) is 1.84. The molecular formula is C32H48N8O3. The van der Waals surface area contributed by atoms with Gasteiger partial charge >= 0.3 is 6.09 Å². The van der Waals surface area contributed by atoms with Gasteiger partial charge in [0.2, 0.25) is 5.95 Å². The summed E-state index contributed by atoms with van der Waals surface area (Å²) < 4.78 is 13.9. The molecule has 1 amide bonds. The van der Waals surface area contributed by atoms with Crippen molar-refractivity contribution in [1.82, 2.24) is 34.3 Å². The zero-order valence-electron chi connectivity index (χ0n) is 27.0. The Morgan fingerprint density at radius 1 is 1.02 bits per heavy atom. The van der Waals surface area contributed by atoms with Crippen LogP contribution in [0.2, 0.25) is 0 Å². The van der Waals surface area contributed by atoms with Gasteiger partial charge in [0.25, 0.3) is 0 Å². The summed E-state index contributed by atoms with van der Waals surface area (Å²) in [5, 5.41) is 0. The first kappa shape index (κ1) is 31.1. The number of amides is 1. The second-order valence-electron chi connectivity index (χ2n) is 13.2. The molecule has 5 rings (SSSR count). The van der Waals surface area contributed by atoms with Gasteiger partial charge in [-0.15, -0.1) is 0 Å². The van der Waals surface area contributed by atoms with E-state index in [0.717, 1.165) is 86.2 Å². The van der Waals surface area contributed by atoms with Crippen molar-refractivity contribution in [3.63, 3.8) is 0 Å². The number of ether oxygens (including phenoxy) is 2. The normalized spacial score (nSPS) is 18.0. The van der Waals surface area contributed by atoms with E-state index in [1.54, 1.807) is 0 Å². The quantitative estimate of drug-likeness (QED) is 0.371. The van der Waals surface area contributed by atoms with Gasteiger partial charge in [-0.25, -0.2) is 19.7 Å². The predicted molar refractivity (Wildman–Crippen MR) is 168 cm³/mol. The number of imidazole rings is 1. The molecule has 0 saturated carbocycles. The van der Waals surface area contributed by atoms with Gasteiger partial charge < -0.3 is 23.8 Å². The van der Waals surface area contributed by atoms with Crippen LogP contribution in [0.15, 0.2) is 24.5 Å². The van der Waals surface area contributed by atoms with E-state index in [1.165, 1.54) is 0 Å². The third-order valence-corrected chi connectivity index (χ3v) is 8.69. The molecule has 234 valence electrons. The lowest BCUT2D eigenvalue weighted by atomic mass is 9.87. The van der Waals surface area contributed by atoms with Gasteiger partial charge in [0.15, 0.2) is 0 Å². The molecule has 11 heteroatoms. The number of carbonyl (C=O) groups excluding carboxylic acids is 1. The summed E-state index contributed by atoms with van der Waals surface area (Å²) in [5.74, 6) is 1.77. The van der Waals surface area contributed by atoms with Crippen molar-refractivity contribution in [2.24, 2.45) is 0 Å². The summed E-state index contributed by atoms with van der Waals surface area (Å²) in [6.45, 7) is 17.9. The Balaban J connectivity index is 1.14. The minimum atomic E-state index is -0.468. The van der Waals surface area contributed by atoms with E-state index < -0.39 is 5.60 Å². The van der Waals surface area contributed by atoms with Crippen LogP contribution in [-0.2, 0) is 15.9 Å². The molecule has 2 fully saturated rings. The third kappa shape index (κ3) is 7.44. The van der Waals surface area contributed by atoms with E-state index in [0.29, 0.717) is 25.6 Å². The molecule has 0 N–H and O–H groups in total. The highest BCUT2D eigenvalue weighted by Crippen LogP contribution is 2.31. The fourth-order valence-electron chi connectivity index (χ4n) is 6.24. The first-order chi connectivity index (χ1) is 20.4. The number of pyridine rings is 1. The molecule has 3 aromatic heterocycles. The van der Waals surface area contributed by atoms with E-state index in [-0.39, 0.29) is 11.7 Å². The zero-order chi connectivity index (χ0) is 30.8. The monoisotopic (exact) mass is 592 g/mol. The van der Waals surface area contributed by atoms with Gasteiger partial charge in [-0.1, -0.05) is 0 Å². The molecule has 5 heterocycles. The van der Waals surface area contributed by atoms with E-state index in [9.17, 15) is 4.79 Å². The first-order valence-electron chi connectivity index (χ1n) is 15.6. The molecule has 0 spiro atoms. The molecule has 2 aliphatic rings. The van der Waals surface area contributed by atoms with Gasteiger partial charge in [0, 0.05) is 77.3 Å². The van der Waals surface area contributed by atoms with Crippen molar-refractivity contribution in [2.45, 2.75) is 84.5 Å². The highest BCUT2D eigenvalue weighted by atomic mass is 16.6. The number of piperidine rings is 1. The van der Waals surface area contributed by atoms with Crippen molar-refractivity contribution >= 4 is 23.1 Å². The molecule has 0 aromatic carbocycles. The third-order valence-electron chi connectivity index (χ3n) is 8.69. The lowest BCUT2D eigenvalue weighted by Crippen LogP contribution is -2.52. The van der Waals surface area contributed by atoms with Crippen LogP contribution >= 0.6 is 0 Å². The number of hydrogen-bond acceptors (Lipinski definition) is 9. The maximum Gasteiger partial charge on any atom is 0.410 e. The molecule has 3 aromatic rings. The Kier molecular flexibility index (Phi) is 9.22. The second-order valence-corrected chi connectivity index (χ2v) is 13.2. The Morgan fingerprint density at radius 2 is 1.74 bits per heavy atom. The minimum absolute atomic E-state index is 0.159. The lowest BCUT2D eigenvalue weighted by molar-refractivity contribution is -0.0447. The van der Waals surface area contributed by atoms with E-state index in [1.807, 2.05) is 58.2 Å². The largest absolute Gasteiger partial charge is 0.444 e. The van der Waals surface area contributed by atoms with Gasteiger partial charge in [0.05, 0.1) is 23.0 Å². The second kappa shape index (κ2) is 12.7. The molecule has 43 heavy (non-hydrogen) atoms. The summed E-state index contributed by atoms with van der Waals surface area (Å²) in [6, 6.07) is 4.45. The van der Waals surface area contributed by atoms with Crippen LogP contribution in [0.3, 0.4) is 0 Å². The van der Waals surface area contributed by atoms with E-state index in [4.69, 9.17) is 14.5 Å². The first-order valence-corrected chi connectivity index (χ1v) is 15.6. The van der Waals surface area contributed by atoms with Crippen LogP contribution in [0.4, 0.5) is 10.7 Å². The molecule has 11 nitrogen and oxygen atoms in total. The summed E-state index contributed by atoms with van der Waals surface area (Å²) in [5.41, 5.74) is 3.35. The van der Waals surface area contributed by atoms with Crippen LogP contribution < -0.4 is 4.90 Å². The molecule has 2 saturated heterocycles. The molecule has 0 unspecified atom stereocenters.